The lowest BCUT2D eigenvalue weighted by molar-refractivity contribution is 0.0696. The molecule has 0 aliphatic carbocycles. The predicted molar refractivity (Wildman–Crippen MR) is 86.0 cm³/mol. The first-order valence-electron chi connectivity index (χ1n) is 7.56. The predicted octanol–water partition coefficient (Wildman–Crippen LogP) is 3.67. The van der Waals surface area contributed by atoms with Crippen LogP contribution >= 0.6 is 11.6 Å². The molecule has 0 bridgehead atoms. The minimum atomic E-state index is -0.966. The molecule has 0 spiro atoms. The van der Waals surface area contributed by atoms with E-state index in [2.05, 4.69) is 4.90 Å². The number of carboxylic acid groups (broad SMARTS) is 1. The molecular formula is C17H18ClNO4. The van der Waals surface area contributed by atoms with Crippen molar-refractivity contribution in [2.45, 2.75) is 25.5 Å². The van der Waals surface area contributed by atoms with Crippen LogP contribution in [0.3, 0.4) is 0 Å². The first-order valence-corrected chi connectivity index (χ1v) is 7.94. The number of furan rings is 1. The first kappa shape index (κ1) is 15.9. The number of hydrogen-bond donors (Lipinski definition) is 1. The van der Waals surface area contributed by atoms with Gasteiger partial charge in [0.2, 0.25) is 0 Å². The van der Waals surface area contributed by atoms with Crippen molar-refractivity contribution in [2.75, 3.05) is 13.1 Å². The molecule has 0 saturated carbocycles. The average molecular weight is 336 g/mol. The van der Waals surface area contributed by atoms with Crippen molar-refractivity contribution >= 4 is 17.6 Å². The Morgan fingerprint density at radius 3 is 2.74 bits per heavy atom. The maximum atomic E-state index is 10.8. The fraction of sp³-hybridized carbons (Fsp3) is 0.353. The molecule has 1 aromatic carbocycles. The number of benzene rings is 1. The number of likely N-dealkylation sites (tertiary alicyclic amines) is 1. The Morgan fingerprint density at radius 1 is 1.35 bits per heavy atom. The lowest BCUT2D eigenvalue weighted by Crippen LogP contribution is -2.37. The summed E-state index contributed by atoms with van der Waals surface area (Å²) < 4.78 is 11.3. The van der Waals surface area contributed by atoms with Gasteiger partial charge in [-0.25, -0.2) is 4.79 Å². The van der Waals surface area contributed by atoms with Crippen molar-refractivity contribution < 1.29 is 19.1 Å². The number of rotatable bonds is 5. The third-order valence-corrected chi connectivity index (χ3v) is 4.26. The molecule has 0 radical (unpaired) electrons. The summed E-state index contributed by atoms with van der Waals surface area (Å²) in [6.07, 6.45) is 3.23. The number of carbonyl (C=O) groups is 1. The molecule has 1 saturated heterocycles. The van der Waals surface area contributed by atoms with Crippen LogP contribution < -0.4 is 4.74 Å². The number of para-hydroxylation sites is 1. The third kappa shape index (κ3) is 4.06. The quantitative estimate of drug-likeness (QED) is 0.903. The zero-order valence-corrected chi connectivity index (χ0v) is 13.3. The molecule has 0 unspecified atom stereocenters. The van der Waals surface area contributed by atoms with Gasteiger partial charge in [0.05, 0.1) is 17.1 Å². The second kappa shape index (κ2) is 7.06. The lowest BCUT2D eigenvalue weighted by atomic mass is 10.1. The monoisotopic (exact) mass is 335 g/mol. The molecule has 3 rings (SSSR count). The van der Waals surface area contributed by atoms with Gasteiger partial charge in [0.25, 0.3) is 0 Å². The first-order chi connectivity index (χ1) is 11.1. The van der Waals surface area contributed by atoms with Gasteiger partial charge in [0.15, 0.2) is 0 Å². The number of aromatic carboxylic acids is 1. The Hall–Kier alpha value is -1.98. The van der Waals surface area contributed by atoms with Gasteiger partial charge < -0.3 is 14.3 Å². The van der Waals surface area contributed by atoms with Gasteiger partial charge in [-0.1, -0.05) is 23.7 Å². The van der Waals surface area contributed by atoms with E-state index in [9.17, 15) is 4.79 Å². The highest BCUT2D eigenvalue weighted by atomic mass is 35.5. The molecule has 0 atom stereocenters. The summed E-state index contributed by atoms with van der Waals surface area (Å²) in [7, 11) is 0. The van der Waals surface area contributed by atoms with Crippen LogP contribution in [-0.4, -0.2) is 35.2 Å². The summed E-state index contributed by atoms with van der Waals surface area (Å²) in [6.45, 7) is 2.36. The minimum absolute atomic E-state index is 0.150. The number of hydrogen-bond acceptors (Lipinski definition) is 4. The highest BCUT2D eigenvalue weighted by Gasteiger charge is 2.22. The van der Waals surface area contributed by atoms with Crippen molar-refractivity contribution in [3.63, 3.8) is 0 Å². The Labute approximate surface area is 139 Å². The zero-order valence-electron chi connectivity index (χ0n) is 12.6. The Bertz CT molecular complexity index is 677. The minimum Gasteiger partial charge on any atom is -0.489 e. The molecular weight excluding hydrogens is 318 g/mol. The van der Waals surface area contributed by atoms with E-state index in [4.69, 9.17) is 25.9 Å². The van der Waals surface area contributed by atoms with Crippen LogP contribution in [0.5, 0.6) is 5.75 Å². The topological polar surface area (TPSA) is 62.9 Å². The fourth-order valence-corrected chi connectivity index (χ4v) is 2.88. The largest absolute Gasteiger partial charge is 0.489 e. The molecule has 1 aromatic heterocycles. The molecule has 0 amide bonds. The third-order valence-electron chi connectivity index (χ3n) is 3.95. The van der Waals surface area contributed by atoms with Crippen LogP contribution in [0, 0.1) is 0 Å². The van der Waals surface area contributed by atoms with Crippen LogP contribution in [0.15, 0.2) is 41.0 Å². The summed E-state index contributed by atoms with van der Waals surface area (Å²) in [5.41, 5.74) is 0.192. The lowest BCUT2D eigenvalue weighted by Gasteiger charge is -2.31. The molecule has 1 fully saturated rings. The second-order valence-electron chi connectivity index (χ2n) is 5.63. The molecule has 5 nitrogen and oxygen atoms in total. The van der Waals surface area contributed by atoms with Gasteiger partial charge in [0, 0.05) is 13.1 Å². The summed E-state index contributed by atoms with van der Waals surface area (Å²) >= 11 is 6.11. The van der Waals surface area contributed by atoms with E-state index in [1.54, 1.807) is 6.07 Å². The Morgan fingerprint density at radius 2 is 2.09 bits per heavy atom. The molecule has 122 valence electrons. The smallest absolute Gasteiger partial charge is 0.338 e. The molecule has 23 heavy (non-hydrogen) atoms. The number of nitrogens with zero attached hydrogens (tertiary/aromatic N) is 1. The van der Waals surface area contributed by atoms with Gasteiger partial charge >= 0.3 is 5.97 Å². The number of halogens is 1. The summed E-state index contributed by atoms with van der Waals surface area (Å²) in [5.74, 6) is 0.435. The van der Waals surface area contributed by atoms with Gasteiger partial charge in [-0.15, -0.1) is 0 Å². The fourth-order valence-electron chi connectivity index (χ4n) is 2.70. The molecule has 2 aromatic rings. The zero-order chi connectivity index (χ0) is 16.2. The molecule has 6 heteroatoms. The van der Waals surface area contributed by atoms with Crippen molar-refractivity contribution in [3.05, 3.63) is 52.9 Å². The second-order valence-corrected chi connectivity index (χ2v) is 6.04. The van der Waals surface area contributed by atoms with E-state index in [1.165, 1.54) is 6.26 Å². The van der Waals surface area contributed by atoms with Crippen molar-refractivity contribution in [2.24, 2.45) is 0 Å². The van der Waals surface area contributed by atoms with E-state index in [1.807, 2.05) is 24.3 Å². The van der Waals surface area contributed by atoms with E-state index >= 15 is 0 Å². The maximum absolute atomic E-state index is 10.8. The maximum Gasteiger partial charge on any atom is 0.338 e. The number of piperidine rings is 1. The van der Waals surface area contributed by atoms with E-state index < -0.39 is 5.97 Å². The average Bonchev–Trinajstić information content (AvgIpc) is 3.00. The van der Waals surface area contributed by atoms with Crippen molar-refractivity contribution in [1.82, 2.24) is 4.90 Å². The van der Waals surface area contributed by atoms with Gasteiger partial charge in [-0.05, 0) is 31.0 Å². The van der Waals surface area contributed by atoms with E-state index in [-0.39, 0.29) is 11.7 Å². The van der Waals surface area contributed by atoms with Gasteiger partial charge in [0.1, 0.15) is 23.9 Å². The number of ether oxygens (including phenoxy) is 1. The highest BCUT2D eigenvalue weighted by Crippen LogP contribution is 2.27. The summed E-state index contributed by atoms with van der Waals surface area (Å²) in [4.78, 5) is 13.1. The normalized spacial score (nSPS) is 16.4. The van der Waals surface area contributed by atoms with Gasteiger partial charge in [-0.3, -0.25) is 4.90 Å². The summed E-state index contributed by atoms with van der Waals surface area (Å²) in [6, 6.07) is 9.07. The van der Waals surface area contributed by atoms with E-state index in [0.717, 1.165) is 31.7 Å². The van der Waals surface area contributed by atoms with Crippen molar-refractivity contribution in [3.8, 4) is 5.75 Å². The van der Waals surface area contributed by atoms with Crippen molar-refractivity contribution in [1.29, 1.82) is 0 Å². The number of carboxylic acids is 1. The SMILES string of the molecule is O=C(O)c1coc(CN2CCC(Oc3ccccc3Cl)CC2)c1. The molecule has 2 heterocycles. The molecule has 1 N–H and O–H groups in total. The van der Waals surface area contributed by atoms with Gasteiger partial charge in [-0.2, -0.15) is 0 Å². The van der Waals surface area contributed by atoms with E-state index in [0.29, 0.717) is 17.3 Å². The summed E-state index contributed by atoms with van der Waals surface area (Å²) in [5, 5.41) is 9.53. The van der Waals surface area contributed by atoms with Crippen LogP contribution in [-0.2, 0) is 6.54 Å². The molecule has 1 aliphatic rings. The Balaban J connectivity index is 1.50. The molecule has 1 aliphatic heterocycles. The highest BCUT2D eigenvalue weighted by molar-refractivity contribution is 6.32. The van der Waals surface area contributed by atoms with Crippen LogP contribution in [0.25, 0.3) is 0 Å². The standard InChI is InChI=1S/C17H18ClNO4/c18-15-3-1-2-4-16(15)23-13-5-7-19(8-6-13)10-14-9-12(11-22-14)17(20)21/h1-4,9,11,13H,5-8,10H2,(H,20,21). The Kier molecular flexibility index (Phi) is 4.88. The van der Waals surface area contributed by atoms with Crippen LogP contribution in [0.2, 0.25) is 5.02 Å². The van der Waals surface area contributed by atoms with Crippen LogP contribution in [0.1, 0.15) is 29.0 Å². The van der Waals surface area contributed by atoms with Crippen LogP contribution in [0.4, 0.5) is 0 Å².